The largest absolute Gasteiger partial charge is 0.497 e. The Morgan fingerprint density at radius 2 is 1.91 bits per heavy atom. The molecular weight excluding hydrogens is 462 g/mol. The fraction of sp³-hybridized carbons (Fsp3) is 0.308. The molecule has 180 valence electrons. The van der Waals surface area contributed by atoms with Gasteiger partial charge >= 0.3 is 0 Å². The van der Waals surface area contributed by atoms with Gasteiger partial charge in [0, 0.05) is 34.6 Å². The van der Waals surface area contributed by atoms with Crippen molar-refractivity contribution < 1.29 is 14.3 Å². The van der Waals surface area contributed by atoms with E-state index in [0.29, 0.717) is 30.2 Å². The highest BCUT2D eigenvalue weighted by Gasteiger charge is 2.34. The number of nitrogens with zero attached hydrogens (tertiary/aromatic N) is 4. The van der Waals surface area contributed by atoms with Gasteiger partial charge in [0.2, 0.25) is 11.8 Å². The first kappa shape index (κ1) is 23.2. The maximum Gasteiger partial charge on any atom is 0.248 e. The zero-order valence-electron chi connectivity index (χ0n) is 19.9. The summed E-state index contributed by atoms with van der Waals surface area (Å²) in [4.78, 5) is 32.6. The lowest BCUT2D eigenvalue weighted by Gasteiger charge is -2.23. The molecule has 1 saturated heterocycles. The summed E-state index contributed by atoms with van der Waals surface area (Å²) < 4.78 is 7.03. The Balaban J connectivity index is 1.29. The van der Waals surface area contributed by atoms with Gasteiger partial charge in [-0.1, -0.05) is 12.1 Å². The molecule has 3 heterocycles. The van der Waals surface area contributed by atoms with Crippen LogP contribution < -0.4 is 10.1 Å². The molecule has 35 heavy (non-hydrogen) atoms. The Kier molecular flexibility index (Phi) is 6.34. The molecule has 8 nitrogen and oxygen atoms in total. The van der Waals surface area contributed by atoms with Crippen molar-refractivity contribution in [3.05, 3.63) is 65.5 Å². The second-order valence-corrected chi connectivity index (χ2v) is 9.61. The monoisotopic (exact) mass is 489 g/mol. The van der Waals surface area contributed by atoms with Crippen LogP contribution in [0, 0.1) is 13.8 Å². The molecule has 5 rings (SSSR count). The molecule has 0 spiro atoms. The van der Waals surface area contributed by atoms with Crippen LogP contribution in [0.5, 0.6) is 5.75 Å². The molecule has 2 amide bonds. The van der Waals surface area contributed by atoms with Crippen LogP contribution in [0.15, 0.2) is 48.5 Å². The summed E-state index contributed by atoms with van der Waals surface area (Å²) in [6, 6.07) is 14.6. The topological polar surface area (TPSA) is 88.8 Å². The van der Waals surface area contributed by atoms with E-state index in [1.165, 1.54) is 0 Å². The zero-order chi connectivity index (χ0) is 24.5. The van der Waals surface area contributed by atoms with Crippen molar-refractivity contribution in [2.45, 2.75) is 32.7 Å². The summed E-state index contributed by atoms with van der Waals surface area (Å²) in [5.41, 5.74) is 5.31. The molecule has 9 heteroatoms. The first-order valence-electron chi connectivity index (χ1n) is 11.5. The van der Waals surface area contributed by atoms with E-state index in [9.17, 15) is 9.59 Å². The Labute approximate surface area is 207 Å². The maximum atomic E-state index is 13.2. The van der Waals surface area contributed by atoms with Gasteiger partial charge in [-0.05, 0) is 62.2 Å². The van der Waals surface area contributed by atoms with Gasteiger partial charge in [0.05, 0.1) is 18.5 Å². The van der Waals surface area contributed by atoms with E-state index in [-0.39, 0.29) is 11.8 Å². The van der Waals surface area contributed by atoms with Gasteiger partial charge in [0.25, 0.3) is 0 Å². The number of amides is 2. The molecule has 1 fully saturated rings. The summed E-state index contributed by atoms with van der Waals surface area (Å²) in [6.07, 6.45) is 0.853. The van der Waals surface area contributed by atoms with Crippen LogP contribution in [0.25, 0.3) is 16.6 Å². The number of hydrogen-bond donors (Lipinski definition) is 1. The van der Waals surface area contributed by atoms with E-state index in [2.05, 4.69) is 5.32 Å². The van der Waals surface area contributed by atoms with Gasteiger partial charge in [-0.3, -0.25) is 9.59 Å². The van der Waals surface area contributed by atoms with Gasteiger partial charge in [0.1, 0.15) is 11.8 Å². The summed E-state index contributed by atoms with van der Waals surface area (Å²) in [5, 5.41) is 8.64. The molecule has 4 aromatic rings. The summed E-state index contributed by atoms with van der Waals surface area (Å²) >= 11 is 1.59. The number of carbonyl (C=O) groups excluding carboxylic acids is 2. The number of nitrogens with one attached hydrogen (secondary N) is 1. The van der Waals surface area contributed by atoms with E-state index < -0.39 is 6.04 Å². The molecule has 1 aliphatic heterocycles. The average Bonchev–Trinajstić information content (AvgIpc) is 3.50. The molecule has 1 unspecified atom stereocenters. The normalized spacial score (nSPS) is 15.6. The second-order valence-electron chi connectivity index (χ2n) is 8.61. The van der Waals surface area contributed by atoms with E-state index in [1.807, 2.05) is 42.6 Å². The minimum absolute atomic E-state index is 0.0330. The van der Waals surface area contributed by atoms with Gasteiger partial charge in [0.15, 0.2) is 5.65 Å². The number of ether oxygens (including phenoxy) is 1. The van der Waals surface area contributed by atoms with Crippen LogP contribution in [0.2, 0.25) is 0 Å². The van der Waals surface area contributed by atoms with Crippen molar-refractivity contribution in [1.29, 1.82) is 0 Å². The van der Waals surface area contributed by atoms with Gasteiger partial charge in [-0.2, -0.15) is 5.10 Å². The van der Waals surface area contributed by atoms with E-state index in [1.54, 1.807) is 48.0 Å². The number of methoxy groups -OCH3 is 1. The Morgan fingerprint density at radius 3 is 2.69 bits per heavy atom. The van der Waals surface area contributed by atoms with Crippen LogP contribution in [0.3, 0.4) is 0 Å². The molecule has 2 aromatic heterocycles. The van der Waals surface area contributed by atoms with Gasteiger partial charge in [-0.25, -0.2) is 9.50 Å². The third kappa shape index (κ3) is 4.43. The van der Waals surface area contributed by atoms with Gasteiger partial charge < -0.3 is 15.0 Å². The lowest BCUT2D eigenvalue weighted by Crippen LogP contribution is -2.44. The van der Waals surface area contributed by atoms with Crippen LogP contribution >= 0.6 is 11.8 Å². The SMILES string of the molecule is COc1ccc(NC(=O)C2CSCN2C(=O)CCc2c(C)nc3c4ccccc4nn3c2C)cc1. The first-order chi connectivity index (χ1) is 17.0. The molecule has 2 aromatic carbocycles. The van der Waals surface area contributed by atoms with E-state index in [4.69, 9.17) is 14.8 Å². The molecule has 1 aliphatic rings. The lowest BCUT2D eigenvalue weighted by atomic mass is 10.1. The van der Waals surface area contributed by atoms with Crippen molar-refractivity contribution >= 4 is 45.8 Å². The minimum Gasteiger partial charge on any atom is -0.497 e. The highest BCUT2D eigenvalue weighted by molar-refractivity contribution is 7.99. The van der Waals surface area contributed by atoms with Gasteiger partial charge in [-0.15, -0.1) is 11.8 Å². The first-order valence-corrected chi connectivity index (χ1v) is 12.7. The standard InChI is InChI=1S/C26H27N5O3S/c1-16-20(17(2)31-25(27-16)21-6-4-5-7-22(21)29-31)12-13-24(32)30-15-35-14-23(30)26(33)28-18-8-10-19(34-3)11-9-18/h4-11,23H,12-15H2,1-3H3,(H,28,33). The number of rotatable bonds is 6. The molecule has 1 atom stereocenters. The zero-order valence-corrected chi connectivity index (χ0v) is 20.8. The number of aromatic nitrogens is 3. The lowest BCUT2D eigenvalue weighted by molar-refractivity contribution is -0.136. The smallest absolute Gasteiger partial charge is 0.248 e. The average molecular weight is 490 g/mol. The predicted molar refractivity (Wildman–Crippen MR) is 138 cm³/mol. The third-order valence-electron chi connectivity index (χ3n) is 6.47. The van der Waals surface area contributed by atoms with Crippen LogP contribution in [-0.4, -0.2) is 56.1 Å². The molecule has 0 aliphatic carbocycles. The van der Waals surface area contributed by atoms with Crippen molar-refractivity contribution in [2.24, 2.45) is 0 Å². The summed E-state index contributed by atoms with van der Waals surface area (Å²) in [7, 11) is 1.60. The van der Waals surface area contributed by atoms with Crippen LogP contribution in [0.4, 0.5) is 5.69 Å². The Morgan fingerprint density at radius 1 is 1.14 bits per heavy atom. The summed E-state index contributed by atoms with van der Waals surface area (Å²) in [5.74, 6) is 1.61. The predicted octanol–water partition coefficient (Wildman–Crippen LogP) is 3.98. The van der Waals surface area contributed by atoms with E-state index in [0.717, 1.165) is 39.3 Å². The fourth-order valence-corrected chi connectivity index (χ4v) is 5.70. The quantitative estimate of drug-likeness (QED) is 0.441. The van der Waals surface area contributed by atoms with Crippen molar-refractivity contribution in [1.82, 2.24) is 19.5 Å². The number of thioether (sulfide) groups is 1. The Bertz CT molecular complexity index is 1420. The molecule has 1 N–H and O–H groups in total. The molecular formula is C26H27N5O3S. The maximum absolute atomic E-state index is 13.2. The molecule has 0 bridgehead atoms. The van der Waals surface area contributed by atoms with E-state index >= 15 is 0 Å². The number of anilines is 1. The third-order valence-corrected chi connectivity index (χ3v) is 7.48. The highest BCUT2D eigenvalue weighted by Crippen LogP contribution is 2.26. The van der Waals surface area contributed by atoms with Crippen molar-refractivity contribution in [3.8, 4) is 5.75 Å². The van der Waals surface area contributed by atoms with Crippen molar-refractivity contribution in [2.75, 3.05) is 24.1 Å². The minimum atomic E-state index is -0.492. The number of hydrogen-bond acceptors (Lipinski definition) is 6. The number of benzene rings is 2. The van der Waals surface area contributed by atoms with Crippen molar-refractivity contribution in [3.63, 3.8) is 0 Å². The Hall–Kier alpha value is -3.59. The highest BCUT2D eigenvalue weighted by atomic mass is 32.2. The molecule has 0 saturated carbocycles. The van der Waals surface area contributed by atoms with Crippen LogP contribution in [-0.2, 0) is 16.0 Å². The summed E-state index contributed by atoms with van der Waals surface area (Å²) in [6.45, 7) is 4.00. The number of fused-ring (bicyclic) bond motifs is 3. The number of aryl methyl sites for hydroxylation is 2. The van der Waals surface area contributed by atoms with Crippen LogP contribution in [0.1, 0.15) is 23.4 Å². The fourth-order valence-electron chi connectivity index (χ4n) is 4.52. The number of carbonyl (C=O) groups is 2. The molecule has 0 radical (unpaired) electrons. The second kappa shape index (κ2) is 9.58.